The Balaban J connectivity index is 1.39. The molecule has 1 aliphatic carbocycles. The van der Waals surface area contributed by atoms with Crippen molar-refractivity contribution in [3.8, 4) is 0 Å². The smallest absolute Gasteiger partial charge is 0.266 e. The number of anilines is 1. The Labute approximate surface area is 167 Å². The lowest BCUT2D eigenvalue weighted by molar-refractivity contribution is 0.329. The zero-order valence-electron chi connectivity index (χ0n) is 17.3. The average molecular weight is 382 g/mol. The molecular formula is C22H31N5O. The van der Waals surface area contributed by atoms with Gasteiger partial charge in [0.05, 0.1) is 5.69 Å². The van der Waals surface area contributed by atoms with Gasteiger partial charge in [-0.1, -0.05) is 27.2 Å². The van der Waals surface area contributed by atoms with Gasteiger partial charge >= 0.3 is 0 Å². The van der Waals surface area contributed by atoms with Crippen molar-refractivity contribution >= 4 is 5.82 Å². The molecule has 4 rings (SSSR count). The van der Waals surface area contributed by atoms with Gasteiger partial charge in [-0.15, -0.1) is 0 Å². The fraction of sp³-hybridized carbons (Fsp3) is 0.636. The highest BCUT2D eigenvalue weighted by Gasteiger charge is 2.25. The van der Waals surface area contributed by atoms with E-state index in [0.29, 0.717) is 18.4 Å². The van der Waals surface area contributed by atoms with Gasteiger partial charge in [-0.25, -0.2) is 14.6 Å². The molecule has 150 valence electrons. The van der Waals surface area contributed by atoms with Crippen LogP contribution in [0.25, 0.3) is 0 Å². The van der Waals surface area contributed by atoms with Crippen LogP contribution in [0.1, 0.15) is 70.2 Å². The first kappa shape index (κ1) is 19.1. The summed E-state index contributed by atoms with van der Waals surface area (Å²) in [4.78, 5) is 23.6. The summed E-state index contributed by atoms with van der Waals surface area (Å²) in [5, 5.41) is 4.63. The van der Waals surface area contributed by atoms with Crippen LogP contribution in [-0.4, -0.2) is 32.8 Å². The Hall–Kier alpha value is -2.24. The van der Waals surface area contributed by atoms with Crippen molar-refractivity contribution in [2.24, 2.45) is 5.92 Å². The lowest BCUT2D eigenvalue weighted by Gasteiger charge is -2.33. The van der Waals surface area contributed by atoms with Crippen LogP contribution in [0, 0.1) is 5.92 Å². The molecule has 2 aromatic rings. The lowest BCUT2D eigenvalue weighted by Crippen LogP contribution is -2.37. The Bertz CT molecular complexity index is 873. The fourth-order valence-corrected chi connectivity index (χ4v) is 4.03. The van der Waals surface area contributed by atoms with E-state index in [9.17, 15) is 4.79 Å². The Kier molecular flexibility index (Phi) is 5.21. The van der Waals surface area contributed by atoms with E-state index in [1.54, 1.807) is 17.1 Å². The van der Waals surface area contributed by atoms with Crippen molar-refractivity contribution in [3.63, 3.8) is 0 Å². The molecule has 1 aliphatic heterocycles. The normalized spacial score (nSPS) is 18.9. The zero-order chi connectivity index (χ0) is 19.7. The molecule has 1 saturated heterocycles. The second kappa shape index (κ2) is 7.64. The summed E-state index contributed by atoms with van der Waals surface area (Å²) >= 11 is 0. The zero-order valence-corrected chi connectivity index (χ0v) is 17.3. The highest BCUT2D eigenvalue weighted by Crippen LogP contribution is 2.36. The molecular weight excluding hydrogens is 350 g/mol. The van der Waals surface area contributed by atoms with Gasteiger partial charge in [-0.05, 0) is 37.7 Å². The van der Waals surface area contributed by atoms with Crippen molar-refractivity contribution in [1.82, 2.24) is 19.7 Å². The standard InChI is InChI=1S/C22H31N5O/c1-22(2,3)19-7-8-21(28)27(25-19)14-16-9-11-26(12-10-16)20-13-18(23-15-24-20)17-5-4-6-17/h7-8,13,15-17H,4-6,9-12,14H2,1-3H3. The van der Waals surface area contributed by atoms with Crippen LogP contribution in [0.15, 0.2) is 29.3 Å². The van der Waals surface area contributed by atoms with Gasteiger partial charge < -0.3 is 4.90 Å². The molecule has 1 saturated carbocycles. The molecule has 0 radical (unpaired) electrons. The molecule has 3 heterocycles. The van der Waals surface area contributed by atoms with Gasteiger partial charge in [0.2, 0.25) is 0 Å². The minimum absolute atomic E-state index is 0.00336. The van der Waals surface area contributed by atoms with Gasteiger partial charge in [0.1, 0.15) is 12.1 Å². The summed E-state index contributed by atoms with van der Waals surface area (Å²) in [5.41, 5.74) is 2.11. The van der Waals surface area contributed by atoms with Crippen LogP contribution in [0.5, 0.6) is 0 Å². The van der Waals surface area contributed by atoms with E-state index in [4.69, 9.17) is 0 Å². The number of nitrogens with zero attached hydrogens (tertiary/aromatic N) is 5. The van der Waals surface area contributed by atoms with Crippen molar-refractivity contribution in [1.29, 1.82) is 0 Å². The van der Waals surface area contributed by atoms with E-state index in [2.05, 4.69) is 46.8 Å². The molecule has 0 atom stereocenters. The Morgan fingerprint density at radius 2 is 1.82 bits per heavy atom. The van der Waals surface area contributed by atoms with Gasteiger partial charge in [0, 0.05) is 48.8 Å². The van der Waals surface area contributed by atoms with Crippen molar-refractivity contribution in [2.45, 2.75) is 70.8 Å². The van der Waals surface area contributed by atoms with Gasteiger partial charge in [-0.3, -0.25) is 4.79 Å². The van der Waals surface area contributed by atoms with Gasteiger partial charge in [0.15, 0.2) is 0 Å². The molecule has 0 spiro atoms. The number of hydrogen-bond acceptors (Lipinski definition) is 5. The highest BCUT2D eigenvalue weighted by atomic mass is 16.1. The topological polar surface area (TPSA) is 63.9 Å². The van der Waals surface area contributed by atoms with E-state index in [-0.39, 0.29) is 11.0 Å². The minimum Gasteiger partial charge on any atom is -0.356 e. The first-order valence-corrected chi connectivity index (χ1v) is 10.6. The van der Waals surface area contributed by atoms with E-state index in [0.717, 1.165) is 37.4 Å². The number of piperidine rings is 1. The summed E-state index contributed by atoms with van der Waals surface area (Å²) in [6.45, 7) is 9.03. The molecule has 6 nitrogen and oxygen atoms in total. The second-order valence-electron chi connectivity index (χ2n) is 9.35. The molecule has 2 aromatic heterocycles. The van der Waals surface area contributed by atoms with Crippen LogP contribution in [0.2, 0.25) is 0 Å². The third-order valence-corrected chi connectivity index (χ3v) is 6.20. The Morgan fingerprint density at radius 1 is 1.07 bits per heavy atom. The fourth-order valence-electron chi connectivity index (χ4n) is 4.03. The van der Waals surface area contributed by atoms with Crippen molar-refractivity contribution in [2.75, 3.05) is 18.0 Å². The number of hydrogen-bond donors (Lipinski definition) is 0. The number of aromatic nitrogens is 4. The maximum absolute atomic E-state index is 12.3. The van der Waals surface area contributed by atoms with Crippen LogP contribution >= 0.6 is 0 Å². The van der Waals surface area contributed by atoms with Crippen LogP contribution in [-0.2, 0) is 12.0 Å². The van der Waals surface area contributed by atoms with Gasteiger partial charge in [0.25, 0.3) is 5.56 Å². The van der Waals surface area contributed by atoms with E-state index in [1.165, 1.54) is 25.0 Å². The summed E-state index contributed by atoms with van der Waals surface area (Å²) in [7, 11) is 0. The molecule has 0 amide bonds. The first-order valence-electron chi connectivity index (χ1n) is 10.6. The van der Waals surface area contributed by atoms with Crippen LogP contribution in [0.3, 0.4) is 0 Å². The molecule has 2 fully saturated rings. The molecule has 2 aliphatic rings. The van der Waals surface area contributed by atoms with E-state index >= 15 is 0 Å². The predicted octanol–water partition coefficient (Wildman–Crippen LogP) is 3.51. The quantitative estimate of drug-likeness (QED) is 0.811. The van der Waals surface area contributed by atoms with E-state index in [1.807, 2.05) is 6.07 Å². The van der Waals surface area contributed by atoms with Crippen molar-refractivity contribution in [3.05, 3.63) is 46.3 Å². The lowest BCUT2D eigenvalue weighted by atomic mass is 9.83. The highest BCUT2D eigenvalue weighted by molar-refractivity contribution is 5.40. The monoisotopic (exact) mass is 381 g/mol. The summed E-state index contributed by atoms with van der Waals surface area (Å²) in [5.74, 6) is 2.16. The molecule has 0 N–H and O–H groups in total. The minimum atomic E-state index is -0.0516. The molecule has 0 unspecified atom stereocenters. The van der Waals surface area contributed by atoms with Crippen LogP contribution in [0.4, 0.5) is 5.82 Å². The predicted molar refractivity (Wildman–Crippen MR) is 111 cm³/mol. The van der Waals surface area contributed by atoms with E-state index < -0.39 is 0 Å². The first-order chi connectivity index (χ1) is 13.4. The molecule has 6 heteroatoms. The summed E-state index contributed by atoms with van der Waals surface area (Å²) < 4.78 is 1.67. The SMILES string of the molecule is CC(C)(C)c1ccc(=O)n(CC2CCN(c3cc(C4CCC4)ncn3)CC2)n1. The third kappa shape index (κ3) is 4.10. The van der Waals surface area contributed by atoms with Crippen molar-refractivity contribution < 1.29 is 0 Å². The number of rotatable bonds is 4. The maximum Gasteiger partial charge on any atom is 0.266 e. The molecule has 0 bridgehead atoms. The molecule has 0 aromatic carbocycles. The second-order valence-corrected chi connectivity index (χ2v) is 9.35. The summed E-state index contributed by atoms with van der Waals surface area (Å²) in [6, 6.07) is 5.70. The van der Waals surface area contributed by atoms with Crippen LogP contribution < -0.4 is 10.5 Å². The third-order valence-electron chi connectivity index (χ3n) is 6.20. The maximum atomic E-state index is 12.3. The van der Waals surface area contributed by atoms with Gasteiger partial charge in [-0.2, -0.15) is 5.10 Å². The largest absolute Gasteiger partial charge is 0.356 e. The average Bonchev–Trinajstić information content (AvgIpc) is 2.62. The Morgan fingerprint density at radius 3 is 2.46 bits per heavy atom. The summed E-state index contributed by atoms with van der Waals surface area (Å²) in [6.07, 6.45) is 7.66. The molecule has 28 heavy (non-hydrogen) atoms.